The number of likely N-dealkylation sites (N-methyl/N-ethyl adjacent to an activating group) is 1. The molecule has 1 aliphatic rings. The quantitative estimate of drug-likeness (QED) is 0.870. The summed E-state index contributed by atoms with van der Waals surface area (Å²) >= 11 is 0. The molecule has 102 valence electrons. The molecule has 5 nitrogen and oxygen atoms in total. The molecular weight excluding hydrogens is 242 g/mol. The van der Waals surface area contributed by atoms with Crippen LogP contribution in [0.1, 0.15) is 23.6 Å². The molecule has 2 rings (SSSR count). The first-order chi connectivity index (χ1) is 8.91. The second kappa shape index (κ2) is 5.01. The van der Waals surface area contributed by atoms with Gasteiger partial charge in [-0.25, -0.2) is 0 Å². The zero-order chi connectivity index (χ0) is 14.2. The average Bonchev–Trinajstić information content (AvgIpc) is 2.33. The SMILES string of the molecule is CN1C(=O)CCc2cc(C(C(N)=O)N(C)C)ccc21. The molecule has 1 heterocycles. The van der Waals surface area contributed by atoms with Gasteiger partial charge >= 0.3 is 0 Å². The summed E-state index contributed by atoms with van der Waals surface area (Å²) in [7, 11) is 5.42. The van der Waals surface area contributed by atoms with Crippen molar-refractivity contribution in [2.24, 2.45) is 5.73 Å². The highest BCUT2D eigenvalue weighted by Crippen LogP contribution is 2.30. The van der Waals surface area contributed by atoms with E-state index in [1.54, 1.807) is 16.8 Å². The largest absolute Gasteiger partial charge is 0.368 e. The molecule has 1 aromatic carbocycles. The summed E-state index contributed by atoms with van der Waals surface area (Å²) in [6.45, 7) is 0. The molecule has 0 saturated carbocycles. The average molecular weight is 261 g/mol. The fourth-order valence-corrected chi connectivity index (χ4v) is 2.56. The van der Waals surface area contributed by atoms with Crippen molar-refractivity contribution in [3.63, 3.8) is 0 Å². The number of primary amides is 1. The first-order valence-corrected chi connectivity index (χ1v) is 6.27. The van der Waals surface area contributed by atoms with Gasteiger partial charge in [0.05, 0.1) is 0 Å². The molecule has 0 aliphatic carbocycles. The standard InChI is InChI=1S/C14H19N3O2/c1-16(2)13(14(15)19)10-4-6-11-9(8-10)5-7-12(18)17(11)3/h4,6,8,13H,5,7H2,1-3H3,(H2,15,19). The van der Waals surface area contributed by atoms with Crippen LogP contribution in [0.3, 0.4) is 0 Å². The van der Waals surface area contributed by atoms with Gasteiger partial charge in [-0.3, -0.25) is 14.5 Å². The zero-order valence-corrected chi connectivity index (χ0v) is 11.5. The minimum absolute atomic E-state index is 0.124. The molecule has 2 N–H and O–H groups in total. The summed E-state index contributed by atoms with van der Waals surface area (Å²) in [6, 6.07) is 5.30. The molecular formula is C14H19N3O2. The number of rotatable bonds is 3. The van der Waals surface area contributed by atoms with E-state index in [0.717, 1.165) is 16.8 Å². The fourth-order valence-electron chi connectivity index (χ4n) is 2.56. The van der Waals surface area contributed by atoms with Crippen molar-refractivity contribution in [3.05, 3.63) is 29.3 Å². The van der Waals surface area contributed by atoms with Crippen LogP contribution in [0.4, 0.5) is 5.69 Å². The Bertz CT molecular complexity index is 525. The molecule has 0 fully saturated rings. The topological polar surface area (TPSA) is 66.6 Å². The van der Waals surface area contributed by atoms with Crippen molar-refractivity contribution >= 4 is 17.5 Å². The number of anilines is 1. The van der Waals surface area contributed by atoms with Crippen LogP contribution in [0.5, 0.6) is 0 Å². The van der Waals surface area contributed by atoms with Crippen LogP contribution < -0.4 is 10.6 Å². The number of nitrogens with zero attached hydrogens (tertiary/aromatic N) is 2. The Labute approximate surface area is 113 Å². The summed E-state index contributed by atoms with van der Waals surface area (Å²) in [6.07, 6.45) is 1.22. The Hall–Kier alpha value is -1.88. The van der Waals surface area contributed by atoms with E-state index in [-0.39, 0.29) is 11.8 Å². The minimum Gasteiger partial charge on any atom is -0.368 e. The molecule has 2 amide bonds. The number of hydrogen-bond acceptors (Lipinski definition) is 3. The third kappa shape index (κ3) is 2.46. The second-order valence-corrected chi connectivity index (χ2v) is 5.11. The number of nitrogens with two attached hydrogens (primary N) is 1. The number of carbonyl (C=O) groups is 2. The van der Waals surface area contributed by atoms with E-state index < -0.39 is 6.04 Å². The van der Waals surface area contributed by atoms with Gasteiger partial charge in [0.25, 0.3) is 0 Å². The van der Waals surface area contributed by atoms with Gasteiger partial charge in [-0.1, -0.05) is 12.1 Å². The Balaban J connectivity index is 2.41. The number of fused-ring (bicyclic) bond motifs is 1. The molecule has 5 heteroatoms. The first kappa shape index (κ1) is 13.5. The zero-order valence-electron chi connectivity index (χ0n) is 11.5. The molecule has 1 atom stereocenters. The smallest absolute Gasteiger partial charge is 0.239 e. The Morgan fingerprint density at radius 1 is 1.37 bits per heavy atom. The van der Waals surface area contributed by atoms with Gasteiger partial charge in [-0.15, -0.1) is 0 Å². The second-order valence-electron chi connectivity index (χ2n) is 5.11. The maximum Gasteiger partial charge on any atom is 0.239 e. The molecule has 1 aromatic rings. The van der Waals surface area contributed by atoms with Gasteiger partial charge in [0, 0.05) is 19.2 Å². The maximum atomic E-state index is 11.6. The summed E-state index contributed by atoms with van der Waals surface area (Å²) in [5.74, 6) is -0.246. The highest BCUT2D eigenvalue weighted by Gasteiger charge is 2.25. The summed E-state index contributed by atoms with van der Waals surface area (Å²) in [5, 5.41) is 0. The lowest BCUT2D eigenvalue weighted by Gasteiger charge is -2.28. The van der Waals surface area contributed by atoms with Crippen LogP contribution in [-0.2, 0) is 16.0 Å². The van der Waals surface area contributed by atoms with Gasteiger partial charge in [-0.05, 0) is 37.7 Å². The lowest BCUT2D eigenvalue weighted by atomic mass is 9.95. The molecule has 1 aliphatic heterocycles. The molecule has 0 bridgehead atoms. The molecule has 0 saturated heterocycles. The van der Waals surface area contributed by atoms with Crippen molar-refractivity contribution in [2.75, 3.05) is 26.0 Å². The summed E-state index contributed by atoms with van der Waals surface area (Å²) in [4.78, 5) is 26.6. The lowest BCUT2D eigenvalue weighted by Crippen LogP contribution is -2.34. The van der Waals surface area contributed by atoms with Gasteiger partial charge in [-0.2, -0.15) is 0 Å². The molecule has 0 aromatic heterocycles. The van der Waals surface area contributed by atoms with Crippen LogP contribution >= 0.6 is 0 Å². The highest BCUT2D eigenvalue weighted by molar-refractivity contribution is 5.96. The maximum absolute atomic E-state index is 11.6. The number of benzene rings is 1. The summed E-state index contributed by atoms with van der Waals surface area (Å²) in [5.41, 5.74) is 8.33. The molecule has 0 radical (unpaired) electrons. The van der Waals surface area contributed by atoms with Crippen LogP contribution in [0, 0.1) is 0 Å². The van der Waals surface area contributed by atoms with Crippen molar-refractivity contribution in [3.8, 4) is 0 Å². The lowest BCUT2D eigenvalue weighted by molar-refractivity contribution is -0.122. The van der Waals surface area contributed by atoms with Crippen LogP contribution in [0.25, 0.3) is 0 Å². The molecule has 19 heavy (non-hydrogen) atoms. The monoisotopic (exact) mass is 261 g/mol. The Morgan fingerprint density at radius 2 is 2.05 bits per heavy atom. The van der Waals surface area contributed by atoms with Crippen LogP contribution in [0.15, 0.2) is 18.2 Å². The fraction of sp³-hybridized carbons (Fsp3) is 0.429. The predicted molar refractivity (Wildman–Crippen MR) is 73.8 cm³/mol. The van der Waals surface area contributed by atoms with Gasteiger partial charge < -0.3 is 10.6 Å². The molecule has 1 unspecified atom stereocenters. The van der Waals surface area contributed by atoms with E-state index >= 15 is 0 Å². The normalized spacial score (nSPS) is 16.4. The number of hydrogen-bond donors (Lipinski definition) is 1. The van der Waals surface area contributed by atoms with E-state index in [1.165, 1.54) is 0 Å². The minimum atomic E-state index is -0.437. The van der Waals surface area contributed by atoms with Crippen molar-refractivity contribution in [1.82, 2.24) is 4.90 Å². The van der Waals surface area contributed by atoms with Gasteiger partial charge in [0.1, 0.15) is 6.04 Å². The van der Waals surface area contributed by atoms with E-state index in [9.17, 15) is 9.59 Å². The van der Waals surface area contributed by atoms with Crippen molar-refractivity contribution < 1.29 is 9.59 Å². The van der Waals surface area contributed by atoms with E-state index in [4.69, 9.17) is 5.73 Å². The summed E-state index contributed by atoms with van der Waals surface area (Å²) < 4.78 is 0. The van der Waals surface area contributed by atoms with Gasteiger partial charge in [0.15, 0.2) is 0 Å². The number of carbonyl (C=O) groups excluding carboxylic acids is 2. The highest BCUT2D eigenvalue weighted by atomic mass is 16.2. The van der Waals surface area contributed by atoms with Crippen molar-refractivity contribution in [1.29, 1.82) is 0 Å². The number of aryl methyl sites for hydroxylation is 1. The predicted octanol–water partition coefficient (Wildman–Crippen LogP) is 0.684. The number of amides is 2. The van der Waals surface area contributed by atoms with Gasteiger partial charge in [0.2, 0.25) is 11.8 Å². The Morgan fingerprint density at radius 3 is 2.63 bits per heavy atom. The van der Waals surface area contributed by atoms with Crippen LogP contribution in [-0.4, -0.2) is 37.9 Å². The Kier molecular flexibility index (Phi) is 3.57. The van der Waals surface area contributed by atoms with E-state index in [2.05, 4.69) is 0 Å². The van der Waals surface area contributed by atoms with E-state index in [0.29, 0.717) is 12.8 Å². The molecule has 0 spiro atoms. The van der Waals surface area contributed by atoms with Crippen molar-refractivity contribution in [2.45, 2.75) is 18.9 Å². The van der Waals surface area contributed by atoms with Crippen LogP contribution in [0.2, 0.25) is 0 Å². The van der Waals surface area contributed by atoms with E-state index in [1.807, 2.05) is 32.3 Å². The third-order valence-electron chi connectivity index (χ3n) is 3.55. The third-order valence-corrected chi connectivity index (χ3v) is 3.55. The first-order valence-electron chi connectivity index (χ1n) is 6.27.